The fraction of sp³-hybridized carbons (Fsp3) is 0.304. The van der Waals surface area contributed by atoms with Crippen molar-refractivity contribution in [1.82, 2.24) is 19.9 Å². The van der Waals surface area contributed by atoms with Crippen molar-refractivity contribution in [3.63, 3.8) is 0 Å². The van der Waals surface area contributed by atoms with Gasteiger partial charge in [0.2, 0.25) is 0 Å². The molecule has 4 N–H and O–H groups in total. The van der Waals surface area contributed by atoms with Gasteiger partial charge in [0, 0.05) is 31.4 Å². The summed E-state index contributed by atoms with van der Waals surface area (Å²) in [5.74, 6) is -0.147. The third kappa shape index (κ3) is 3.23. The molecule has 1 saturated heterocycles. The Labute approximate surface area is 178 Å². The van der Waals surface area contributed by atoms with Crippen molar-refractivity contribution in [2.75, 3.05) is 36.8 Å². The van der Waals surface area contributed by atoms with Gasteiger partial charge in [-0.3, -0.25) is 9.69 Å². The molecule has 0 radical (unpaired) electrons. The molecule has 7 nitrogen and oxygen atoms in total. The van der Waals surface area contributed by atoms with Gasteiger partial charge >= 0.3 is 0 Å². The van der Waals surface area contributed by atoms with E-state index in [0.717, 1.165) is 42.9 Å². The molecule has 1 fully saturated rings. The SMILES string of the molecule is CCN1CCN(c2ccc3[nH]c(-c4c(N)c5c(F)cccc5[nH]c4=O)nc3c2)[C@@H](C)C1. The number of pyridine rings is 1. The van der Waals surface area contributed by atoms with E-state index in [1.807, 2.05) is 12.1 Å². The average Bonchev–Trinajstić information content (AvgIpc) is 3.16. The van der Waals surface area contributed by atoms with Gasteiger partial charge in [0.25, 0.3) is 5.56 Å². The molecule has 1 aliphatic heterocycles. The van der Waals surface area contributed by atoms with Crippen LogP contribution in [0.2, 0.25) is 0 Å². The van der Waals surface area contributed by atoms with Crippen LogP contribution in [0, 0.1) is 5.82 Å². The summed E-state index contributed by atoms with van der Waals surface area (Å²) < 4.78 is 14.4. The number of aromatic nitrogens is 3. The first kappa shape index (κ1) is 19.6. The van der Waals surface area contributed by atoms with E-state index in [1.54, 1.807) is 6.07 Å². The van der Waals surface area contributed by atoms with Crippen molar-refractivity contribution in [3.8, 4) is 11.4 Å². The molecule has 160 valence electrons. The standard InChI is InChI=1S/C23H25FN6O/c1-3-29-9-10-30(13(2)12-29)14-7-8-16-18(11-14)27-22(26-16)20-21(25)19-15(24)5-4-6-17(19)28-23(20)31/h4-8,11,13H,3,9-10,12H2,1-2H3,(H,26,27)(H3,25,28,31)/t13-/m0/s1. The van der Waals surface area contributed by atoms with E-state index < -0.39 is 11.4 Å². The molecule has 0 bridgehead atoms. The van der Waals surface area contributed by atoms with E-state index in [1.165, 1.54) is 12.1 Å². The van der Waals surface area contributed by atoms with Crippen molar-refractivity contribution in [1.29, 1.82) is 0 Å². The van der Waals surface area contributed by atoms with Crippen molar-refractivity contribution >= 4 is 33.3 Å². The zero-order chi connectivity index (χ0) is 21.7. The highest BCUT2D eigenvalue weighted by atomic mass is 19.1. The Hall–Kier alpha value is -3.39. The normalized spacial score (nSPS) is 17.6. The van der Waals surface area contributed by atoms with Gasteiger partial charge in [-0.05, 0) is 43.8 Å². The molecule has 0 unspecified atom stereocenters. The second kappa shape index (κ2) is 7.39. The first-order chi connectivity index (χ1) is 15.0. The number of aromatic amines is 2. The minimum Gasteiger partial charge on any atom is -0.397 e. The van der Waals surface area contributed by atoms with E-state index in [9.17, 15) is 9.18 Å². The fourth-order valence-electron chi connectivity index (χ4n) is 4.56. The Morgan fingerprint density at radius 1 is 1.19 bits per heavy atom. The van der Waals surface area contributed by atoms with Crippen LogP contribution in [-0.4, -0.2) is 52.1 Å². The number of halogens is 1. The van der Waals surface area contributed by atoms with Crippen LogP contribution in [0.25, 0.3) is 33.3 Å². The summed E-state index contributed by atoms with van der Waals surface area (Å²) in [5, 5.41) is 0.195. The molecule has 3 heterocycles. The zero-order valence-corrected chi connectivity index (χ0v) is 17.6. The minimum atomic E-state index is -0.480. The molecule has 0 amide bonds. The Balaban J connectivity index is 1.57. The predicted octanol–water partition coefficient (Wildman–Crippen LogP) is 3.32. The number of hydrogen-bond acceptors (Lipinski definition) is 5. The lowest BCUT2D eigenvalue weighted by Gasteiger charge is -2.41. The van der Waals surface area contributed by atoms with Crippen LogP contribution < -0.4 is 16.2 Å². The number of imidazole rings is 1. The third-order valence-corrected chi connectivity index (χ3v) is 6.22. The lowest BCUT2D eigenvalue weighted by molar-refractivity contribution is 0.240. The summed E-state index contributed by atoms with van der Waals surface area (Å²) in [6.07, 6.45) is 0. The average molecular weight is 420 g/mol. The van der Waals surface area contributed by atoms with Crippen LogP contribution >= 0.6 is 0 Å². The summed E-state index contributed by atoms with van der Waals surface area (Å²) in [7, 11) is 0. The second-order valence-electron chi connectivity index (χ2n) is 8.13. The van der Waals surface area contributed by atoms with Crippen LogP contribution in [0.1, 0.15) is 13.8 Å². The third-order valence-electron chi connectivity index (χ3n) is 6.22. The Kier molecular flexibility index (Phi) is 4.66. The molecule has 2 aromatic heterocycles. The molecule has 0 aliphatic carbocycles. The number of anilines is 2. The topological polar surface area (TPSA) is 94.0 Å². The fourth-order valence-corrected chi connectivity index (χ4v) is 4.56. The van der Waals surface area contributed by atoms with Gasteiger partial charge in [0.05, 0.1) is 27.6 Å². The van der Waals surface area contributed by atoms with E-state index in [-0.39, 0.29) is 16.6 Å². The molecule has 2 aromatic carbocycles. The van der Waals surface area contributed by atoms with Crippen LogP contribution in [0.15, 0.2) is 41.2 Å². The molecule has 8 heteroatoms. The van der Waals surface area contributed by atoms with Crippen molar-refractivity contribution in [2.45, 2.75) is 19.9 Å². The summed E-state index contributed by atoms with van der Waals surface area (Å²) in [6.45, 7) is 8.47. The summed E-state index contributed by atoms with van der Waals surface area (Å²) in [5.41, 5.74) is 9.07. The highest BCUT2D eigenvalue weighted by Crippen LogP contribution is 2.31. The van der Waals surface area contributed by atoms with Gasteiger partial charge in [-0.2, -0.15) is 0 Å². The number of benzene rings is 2. The Morgan fingerprint density at radius 3 is 2.81 bits per heavy atom. The van der Waals surface area contributed by atoms with Gasteiger partial charge in [-0.1, -0.05) is 13.0 Å². The van der Waals surface area contributed by atoms with Gasteiger partial charge < -0.3 is 20.6 Å². The molecule has 0 spiro atoms. The zero-order valence-electron chi connectivity index (χ0n) is 17.6. The number of rotatable bonds is 3. The minimum absolute atomic E-state index is 0.0837. The van der Waals surface area contributed by atoms with Crippen molar-refractivity contribution in [3.05, 3.63) is 52.6 Å². The van der Waals surface area contributed by atoms with E-state index >= 15 is 0 Å². The molecule has 1 aliphatic rings. The number of nitrogens with zero attached hydrogens (tertiary/aromatic N) is 3. The molecular formula is C23H25FN6O. The second-order valence-corrected chi connectivity index (χ2v) is 8.13. The number of fused-ring (bicyclic) bond motifs is 2. The van der Waals surface area contributed by atoms with E-state index in [0.29, 0.717) is 17.4 Å². The number of H-pyrrole nitrogens is 2. The Morgan fingerprint density at radius 2 is 2.03 bits per heavy atom. The van der Waals surface area contributed by atoms with E-state index in [4.69, 9.17) is 5.73 Å². The van der Waals surface area contributed by atoms with Crippen LogP contribution in [0.3, 0.4) is 0 Å². The number of nitrogens with one attached hydrogen (secondary N) is 2. The maximum Gasteiger partial charge on any atom is 0.261 e. The number of likely N-dealkylation sites (N-methyl/N-ethyl adjacent to an activating group) is 1. The Bertz CT molecular complexity index is 1340. The molecule has 0 saturated carbocycles. The van der Waals surface area contributed by atoms with Crippen molar-refractivity contribution in [2.24, 2.45) is 0 Å². The van der Waals surface area contributed by atoms with Gasteiger partial charge in [0.1, 0.15) is 17.2 Å². The lowest BCUT2D eigenvalue weighted by atomic mass is 10.1. The number of nitrogen functional groups attached to an aromatic ring is 1. The van der Waals surface area contributed by atoms with Crippen LogP contribution in [0.4, 0.5) is 15.8 Å². The first-order valence-corrected chi connectivity index (χ1v) is 10.6. The smallest absolute Gasteiger partial charge is 0.261 e. The summed E-state index contributed by atoms with van der Waals surface area (Å²) in [4.78, 5) is 28.1. The van der Waals surface area contributed by atoms with Crippen LogP contribution in [-0.2, 0) is 0 Å². The van der Waals surface area contributed by atoms with Gasteiger partial charge in [-0.25, -0.2) is 9.37 Å². The monoisotopic (exact) mass is 420 g/mol. The van der Waals surface area contributed by atoms with Gasteiger partial charge in [0.15, 0.2) is 0 Å². The van der Waals surface area contributed by atoms with E-state index in [2.05, 4.69) is 44.7 Å². The highest BCUT2D eigenvalue weighted by molar-refractivity contribution is 5.98. The molecule has 1 atom stereocenters. The molecular weight excluding hydrogens is 395 g/mol. The first-order valence-electron chi connectivity index (χ1n) is 10.6. The lowest BCUT2D eigenvalue weighted by Crippen LogP contribution is -2.51. The number of piperazine rings is 1. The predicted molar refractivity (Wildman–Crippen MR) is 123 cm³/mol. The molecule has 31 heavy (non-hydrogen) atoms. The van der Waals surface area contributed by atoms with Crippen molar-refractivity contribution < 1.29 is 4.39 Å². The van der Waals surface area contributed by atoms with Crippen LogP contribution in [0.5, 0.6) is 0 Å². The maximum absolute atomic E-state index is 14.4. The largest absolute Gasteiger partial charge is 0.397 e. The number of hydrogen-bond donors (Lipinski definition) is 3. The maximum atomic E-state index is 14.4. The molecule has 5 rings (SSSR count). The summed E-state index contributed by atoms with van der Waals surface area (Å²) in [6, 6.07) is 10.9. The summed E-state index contributed by atoms with van der Waals surface area (Å²) >= 11 is 0. The number of nitrogens with two attached hydrogens (primary N) is 1. The van der Waals surface area contributed by atoms with Gasteiger partial charge in [-0.15, -0.1) is 0 Å². The quantitative estimate of drug-likeness (QED) is 0.473. The molecule has 4 aromatic rings. The highest BCUT2D eigenvalue weighted by Gasteiger charge is 2.24.